The summed E-state index contributed by atoms with van der Waals surface area (Å²) in [6.45, 7) is 7.50. The highest BCUT2D eigenvalue weighted by Gasteiger charge is 1.74. The van der Waals surface area contributed by atoms with E-state index in [-0.39, 0.29) is 0 Å². The number of hydrogen-bond donors (Lipinski definition) is 1. The van der Waals surface area contributed by atoms with Crippen molar-refractivity contribution in [3.63, 3.8) is 0 Å². The Bertz CT molecular complexity index is 348. The van der Waals surface area contributed by atoms with Crippen LogP contribution in [0.1, 0.15) is 13.8 Å². The van der Waals surface area contributed by atoms with E-state index in [1.165, 1.54) is 5.57 Å². The van der Waals surface area contributed by atoms with Crippen molar-refractivity contribution in [1.82, 2.24) is 0 Å². The lowest BCUT2D eigenvalue weighted by molar-refractivity contribution is 0.475. The Hall–Kier alpha value is -2.02. The summed E-state index contributed by atoms with van der Waals surface area (Å²) in [5.74, 6) is 0.322. The Morgan fingerprint density at radius 3 is 1.18 bits per heavy atom. The van der Waals surface area contributed by atoms with Crippen LogP contribution >= 0.6 is 0 Å². The van der Waals surface area contributed by atoms with Crippen LogP contribution in [0.4, 0.5) is 0 Å². The summed E-state index contributed by atoms with van der Waals surface area (Å²) >= 11 is 0. The van der Waals surface area contributed by atoms with E-state index in [0.717, 1.165) is 0 Å². The van der Waals surface area contributed by atoms with Crippen LogP contribution in [0.2, 0.25) is 0 Å². The first-order chi connectivity index (χ1) is 8.13. The first-order valence-corrected chi connectivity index (χ1v) is 5.49. The summed E-state index contributed by atoms with van der Waals surface area (Å²) in [6, 6.07) is 20.7. The quantitative estimate of drug-likeness (QED) is 0.650. The van der Waals surface area contributed by atoms with Crippen molar-refractivity contribution in [2.75, 3.05) is 0 Å². The average Bonchev–Trinajstić information content (AvgIpc) is 2.32. The van der Waals surface area contributed by atoms with Crippen molar-refractivity contribution in [1.29, 1.82) is 0 Å². The van der Waals surface area contributed by atoms with Gasteiger partial charge in [-0.1, -0.05) is 60.2 Å². The fourth-order valence-electron chi connectivity index (χ4n) is 0.813. The van der Waals surface area contributed by atoms with Gasteiger partial charge in [-0.2, -0.15) is 0 Å². The maximum atomic E-state index is 8.63. The van der Waals surface area contributed by atoms with E-state index in [1.807, 2.05) is 56.3 Å². The van der Waals surface area contributed by atoms with Crippen molar-refractivity contribution in [2.45, 2.75) is 13.8 Å². The Balaban J connectivity index is 0.000000236. The lowest BCUT2D eigenvalue weighted by atomic mass is 10.3. The van der Waals surface area contributed by atoms with Gasteiger partial charge in [-0.3, -0.25) is 0 Å². The molecule has 0 saturated carbocycles. The number of hydrogen-bond acceptors (Lipinski definition) is 1. The maximum absolute atomic E-state index is 8.63. The van der Waals surface area contributed by atoms with E-state index in [4.69, 9.17) is 5.11 Å². The predicted molar refractivity (Wildman–Crippen MR) is 75.0 cm³/mol. The van der Waals surface area contributed by atoms with Crippen molar-refractivity contribution in [3.8, 4) is 5.75 Å². The molecule has 2 rings (SSSR count). The summed E-state index contributed by atoms with van der Waals surface area (Å²) < 4.78 is 0. The molecule has 0 saturated heterocycles. The van der Waals surface area contributed by atoms with Gasteiger partial charge in [0, 0.05) is 0 Å². The summed E-state index contributed by atoms with van der Waals surface area (Å²) in [4.78, 5) is 0. The number of allylic oxidation sites excluding steroid dienone is 1. The van der Waals surface area contributed by atoms with Gasteiger partial charge in [-0.05, 0) is 26.0 Å². The number of benzene rings is 2. The van der Waals surface area contributed by atoms with Crippen molar-refractivity contribution < 1.29 is 5.11 Å². The average molecular weight is 228 g/mol. The molecule has 0 aliphatic rings. The lowest BCUT2D eigenvalue weighted by Crippen LogP contribution is -1.56. The van der Waals surface area contributed by atoms with Crippen LogP contribution in [0.5, 0.6) is 5.75 Å². The van der Waals surface area contributed by atoms with E-state index in [9.17, 15) is 0 Å². The largest absolute Gasteiger partial charge is 0.508 e. The molecule has 0 bridgehead atoms. The predicted octanol–water partition coefficient (Wildman–Crippen LogP) is 4.66. The first-order valence-electron chi connectivity index (χ1n) is 5.49. The molecular weight excluding hydrogens is 208 g/mol. The normalized spacial score (nSPS) is 7.88. The van der Waals surface area contributed by atoms with Crippen LogP contribution in [0.15, 0.2) is 78.9 Å². The molecule has 0 amide bonds. The molecule has 0 aliphatic heterocycles. The highest BCUT2D eigenvalue weighted by molar-refractivity contribution is 5.18. The molecule has 0 fully saturated rings. The molecule has 0 aliphatic carbocycles. The molecule has 0 atom stereocenters. The third-order valence-electron chi connectivity index (χ3n) is 1.42. The maximum Gasteiger partial charge on any atom is 0.115 e. The van der Waals surface area contributed by atoms with E-state index < -0.39 is 0 Å². The second-order valence-corrected chi connectivity index (χ2v) is 3.70. The standard InChI is InChI=1S/C6H6O.C6H6.C4H8/c7-6-4-2-1-3-5-6;1-2-4-6-5-3-1;1-4(2)3/h1-5,7H;1-6H;1H2,2-3H3. The molecule has 1 heteroatoms. The van der Waals surface area contributed by atoms with E-state index in [0.29, 0.717) is 5.75 Å². The van der Waals surface area contributed by atoms with Gasteiger partial charge < -0.3 is 5.11 Å². The van der Waals surface area contributed by atoms with Gasteiger partial charge in [0.15, 0.2) is 0 Å². The fourth-order valence-corrected chi connectivity index (χ4v) is 0.813. The van der Waals surface area contributed by atoms with Crippen LogP contribution < -0.4 is 0 Å². The third kappa shape index (κ3) is 14.0. The molecule has 17 heavy (non-hydrogen) atoms. The van der Waals surface area contributed by atoms with Crippen molar-refractivity contribution >= 4 is 0 Å². The number of phenols is 1. The zero-order valence-corrected chi connectivity index (χ0v) is 10.5. The zero-order valence-electron chi connectivity index (χ0n) is 10.5. The van der Waals surface area contributed by atoms with Gasteiger partial charge in [-0.15, -0.1) is 6.58 Å². The lowest BCUT2D eigenvalue weighted by Gasteiger charge is -1.82. The van der Waals surface area contributed by atoms with E-state index >= 15 is 0 Å². The smallest absolute Gasteiger partial charge is 0.115 e. The Kier molecular flexibility index (Phi) is 9.25. The van der Waals surface area contributed by atoms with Crippen LogP contribution in [0.3, 0.4) is 0 Å². The van der Waals surface area contributed by atoms with Gasteiger partial charge in [0.1, 0.15) is 5.75 Å². The first kappa shape index (κ1) is 15.0. The Labute approximate surface area is 104 Å². The molecule has 0 heterocycles. The van der Waals surface area contributed by atoms with Gasteiger partial charge in [0.2, 0.25) is 0 Å². The van der Waals surface area contributed by atoms with Gasteiger partial charge in [0.25, 0.3) is 0 Å². The Morgan fingerprint density at radius 1 is 0.765 bits per heavy atom. The molecule has 1 N–H and O–H groups in total. The molecule has 0 spiro atoms. The Morgan fingerprint density at radius 2 is 1.00 bits per heavy atom. The molecule has 2 aromatic rings. The van der Waals surface area contributed by atoms with Gasteiger partial charge in [0.05, 0.1) is 0 Å². The van der Waals surface area contributed by atoms with Crippen molar-refractivity contribution in [3.05, 3.63) is 78.9 Å². The van der Waals surface area contributed by atoms with Gasteiger partial charge in [-0.25, -0.2) is 0 Å². The second kappa shape index (κ2) is 10.5. The summed E-state index contributed by atoms with van der Waals surface area (Å²) in [5, 5.41) is 8.63. The number of aromatic hydroxyl groups is 1. The summed E-state index contributed by atoms with van der Waals surface area (Å²) in [6.07, 6.45) is 0. The summed E-state index contributed by atoms with van der Waals surface area (Å²) in [7, 11) is 0. The minimum Gasteiger partial charge on any atom is -0.508 e. The molecule has 2 aromatic carbocycles. The van der Waals surface area contributed by atoms with Crippen molar-refractivity contribution in [2.24, 2.45) is 0 Å². The highest BCUT2D eigenvalue weighted by atomic mass is 16.3. The van der Waals surface area contributed by atoms with E-state index in [1.54, 1.807) is 24.3 Å². The molecule has 0 aromatic heterocycles. The number of para-hydroxylation sites is 1. The molecule has 0 unspecified atom stereocenters. The number of phenolic OH excluding ortho intramolecular Hbond substituents is 1. The second-order valence-electron chi connectivity index (χ2n) is 3.70. The van der Waals surface area contributed by atoms with Crippen LogP contribution in [-0.4, -0.2) is 5.11 Å². The fraction of sp³-hybridized carbons (Fsp3) is 0.125. The van der Waals surface area contributed by atoms with Crippen LogP contribution in [0, 0.1) is 0 Å². The minimum absolute atomic E-state index is 0.322. The van der Waals surface area contributed by atoms with Crippen LogP contribution in [-0.2, 0) is 0 Å². The molecule has 90 valence electrons. The SMILES string of the molecule is C=C(C)C.Oc1ccccc1.c1ccccc1. The minimum atomic E-state index is 0.322. The monoisotopic (exact) mass is 228 g/mol. The molecule has 1 nitrogen and oxygen atoms in total. The van der Waals surface area contributed by atoms with Gasteiger partial charge >= 0.3 is 0 Å². The topological polar surface area (TPSA) is 20.2 Å². The zero-order chi connectivity index (χ0) is 12.9. The van der Waals surface area contributed by atoms with E-state index in [2.05, 4.69) is 6.58 Å². The van der Waals surface area contributed by atoms with Crippen LogP contribution in [0.25, 0.3) is 0 Å². The molecule has 0 radical (unpaired) electrons. The summed E-state index contributed by atoms with van der Waals surface area (Å²) in [5.41, 5.74) is 1.17. The number of rotatable bonds is 0. The third-order valence-corrected chi connectivity index (χ3v) is 1.42. The molecular formula is C16H20O. The highest BCUT2D eigenvalue weighted by Crippen LogP contribution is 2.02.